The van der Waals surface area contributed by atoms with Crippen molar-refractivity contribution in [1.82, 2.24) is 0 Å². The Bertz CT molecular complexity index is 490. The Labute approximate surface area is 106 Å². The predicted octanol–water partition coefficient (Wildman–Crippen LogP) is 4.01. The van der Waals surface area contributed by atoms with E-state index in [4.69, 9.17) is 16.3 Å². The largest absolute Gasteiger partial charge is 0.365 e. The molecule has 3 rings (SSSR count). The predicted molar refractivity (Wildman–Crippen MR) is 70.4 cm³/mol. The third-order valence-corrected chi connectivity index (χ3v) is 3.48. The number of halogens is 1. The molecule has 1 nitrogen and oxygen atoms in total. The van der Waals surface area contributed by atoms with Crippen LogP contribution in [0.5, 0.6) is 0 Å². The summed E-state index contributed by atoms with van der Waals surface area (Å²) < 4.78 is 5.40. The zero-order chi connectivity index (χ0) is 11.7. The summed E-state index contributed by atoms with van der Waals surface area (Å²) in [6.45, 7) is 0.650. The first-order valence-corrected chi connectivity index (χ1v) is 6.27. The summed E-state index contributed by atoms with van der Waals surface area (Å²) >= 11 is 5.61. The molecule has 1 aliphatic rings. The van der Waals surface area contributed by atoms with Crippen LogP contribution in [0.1, 0.15) is 17.0 Å². The maximum Gasteiger partial charge on any atom is 0.120 e. The van der Waals surface area contributed by atoms with Gasteiger partial charge in [0.2, 0.25) is 0 Å². The van der Waals surface area contributed by atoms with Crippen LogP contribution >= 0.6 is 11.6 Å². The van der Waals surface area contributed by atoms with Crippen molar-refractivity contribution < 1.29 is 4.74 Å². The van der Waals surface area contributed by atoms with Crippen molar-refractivity contribution >= 4 is 11.6 Å². The minimum Gasteiger partial charge on any atom is -0.365 e. The molecule has 2 aromatic rings. The molecule has 0 fully saturated rings. The summed E-state index contributed by atoms with van der Waals surface area (Å²) in [7, 11) is 0. The fraction of sp³-hybridized carbons (Fsp3) is 0.200. The highest BCUT2D eigenvalue weighted by Gasteiger charge is 2.27. The first-order valence-electron chi connectivity index (χ1n) is 5.73. The van der Waals surface area contributed by atoms with E-state index in [1.807, 2.05) is 0 Å². The molecule has 2 aromatic carbocycles. The fourth-order valence-electron chi connectivity index (χ4n) is 2.60. The lowest BCUT2D eigenvalue weighted by molar-refractivity contribution is 0.171. The van der Waals surface area contributed by atoms with E-state index in [9.17, 15) is 0 Å². The molecule has 1 aliphatic carbocycles. The second kappa shape index (κ2) is 4.52. The normalized spacial score (nSPS) is 13.5. The van der Waals surface area contributed by atoms with Gasteiger partial charge in [-0.05, 0) is 22.3 Å². The molecule has 17 heavy (non-hydrogen) atoms. The van der Waals surface area contributed by atoms with Crippen LogP contribution < -0.4 is 0 Å². The maximum absolute atomic E-state index is 5.61. The van der Waals surface area contributed by atoms with Gasteiger partial charge < -0.3 is 4.74 Å². The van der Waals surface area contributed by atoms with Crippen molar-refractivity contribution in [2.24, 2.45) is 0 Å². The highest BCUT2D eigenvalue weighted by molar-refractivity contribution is 6.17. The lowest BCUT2D eigenvalue weighted by Crippen LogP contribution is -2.05. The van der Waals surface area contributed by atoms with E-state index in [0.717, 1.165) is 0 Å². The van der Waals surface area contributed by atoms with Gasteiger partial charge in [0.25, 0.3) is 0 Å². The number of ether oxygens (including phenoxy) is 1. The average molecular weight is 245 g/mol. The van der Waals surface area contributed by atoms with E-state index < -0.39 is 0 Å². The van der Waals surface area contributed by atoms with Crippen molar-refractivity contribution in [3.05, 3.63) is 59.7 Å². The summed E-state index contributed by atoms with van der Waals surface area (Å²) in [5.41, 5.74) is 5.34. The summed E-state index contributed by atoms with van der Waals surface area (Å²) in [6.07, 6.45) is 0. The lowest BCUT2D eigenvalue weighted by Gasteiger charge is -2.12. The van der Waals surface area contributed by atoms with Gasteiger partial charge in [-0.1, -0.05) is 60.1 Å². The van der Waals surface area contributed by atoms with Gasteiger partial charge in [-0.3, -0.25) is 0 Å². The van der Waals surface area contributed by atoms with Crippen LogP contribution in [-0.2, 0) is 4.74 Å². The standard InChI is InChI=1S/C15H13ClO/c16-10-17-9-15-13-7-3-1-5-11(13)12-6-2-4-8-14(12)15/h1-8,15H,9-10H2. The van der Waals surface area contributed by atoms with Gasteiger partial charge in [-0.15, -0.1) is 0 Å². The van der Waals surface area contributed by atoms with E-state index in [0.29, 0.717) is 12.5 Å². The minimum atomic E-state index is 0.251. The van der Waals surface area contributed by atoms with E-state index in [1.54, 1.807) is 0 Å². The second-order valence-electron chi connectivity index (χ2n) is 4.21. The molecule has 0 saturated heterocycles. The SMILES string of the molecule is ClCOCC1c2ccccc2-c2ccccc21. The summed E-state index contributed by atoms with van der Waals surface area (Å²) in [5.74, 6) is 0.321. The Morgan fingerprint density at radius 2 is 1.41 bits per heavy atom. The second-order valence-corrected chi connectivity index (χ2v) is 4.43. The number of rotatable bonds is 3. The molecule has 0 unspecified atom stereocenters. The number of hydrogen-bond donors (Lipinski definition) is 0. The quantitative estimate of drug-likeness (QED) is 0.742. The molecule has 0 spiro atoms. The molecule has 0 radical (unpaired) electrons. The highest BCUT2D eigenvalue weighted by atomic mass is 35.5. The van der Waals surface area contributed by atoms with Crippen LogP contribution in [0.15, 0.2) is 48.5 Å². The Morgan fingerprint density at radius 1 is 0.882 bits per heavy atom. The first kappa shape index (κ1) is 10.8. The highest BCUT2D eigenvalue weighted by Crippen LogP contribution is 2.44. The van der Waals surface area contributed by atoms with Crippen molar-refractivity contribution in [3.8, 4) is 11.1 Å². The van der Waals surface area contributed by atoms with Crippen LogP contribution in [0.4, 0.5) is 0 Å². The van der Waals surface area contributed by atoms with Crippen LogP contribution in [0.25, 0.3) is 11.1 Å². The van der Waals surface area contributed by atoms with Crippen LogP contribution in [0, 0.1) is 0 Å². The molecular weight excluding hydrogens is 232 g/mol. The Morgan fingerprint density at radius 3 is 1.94 bits per heavy atom. The molecule has 0 aromatic heterocycles. The van der Waals surface area contributed by atoms with Gasteiger partial charge in [0, 0.05) is 5.92 Å². The zero-order valence-electron chi connectivity index (χ0n) is 9.40. The molecule has 0 heterocycles. The maximum atomic E-state index is 5.61. The van der Waals surface area contributed by atoms with Gasteiger partial charge in [-0.25, -0.2) is 0 Å². The lowest BCUT2D eigenvalue weighted by atomic mass is 9.98. The third-order valence-electron chi connectivity index (χ3n) is 3.32. The smallest absolute Gasteiger partial charge is 0.120 e. The van der Waals surface area contributed by atoms with Gasteiger partial charge in [0.15, 0.2) is 0 Å². The topological polar surface area (TPSA) is 9.23 Å². The van der Waals surface area contributed by atoms with E-state index in [2.05, 4.69) is 48.5 Å². The zero-order valence-corrected chi connectivity index (χ0v) is 10.2. The summed E-state index contributed by atoms with van der Waals surface area (Å²) in [6, 6.07) is 17.3. The molecular formula is C15H13ClO. The van der Waals surface area contributed by atoms with Crippen molar-refractivity contribution in [1.29, 1.82) is 0 Å². The van der Waals surface area contributed by atoms with Crippen molar-refractivity contribution in [3.63, 3.8) is 0 Å². The Kier molecular flexibility index (Phi) is 2.87. The Balaban J connectivity index is 2.10. The molecule has 0 N–H and O–H groups in total. The Hall–Kier alpha value is -1.31. The van der Waals surface area contributed by atoms with Crippen LogP contribution in [-0.4, -0.2) is 12.7 Å². The molecule has 0 atom stereocenters. The monoisotopic (exact) mass is 244 g/mol. The number of alkyl halides is 1. The van der Waals surface area contributed by atoms with Gasteiger partial charge in [0.05, 0.1) is 6.61 Å². The van der Waals surface area contributed by atoms with Gasteiger partial charge in [0.1, 0.15) is 6.07 Å². The molecule has 0 bridgehead atoms. The third kappa shape index (κ3) is 1.76. The fourth-order valence-corrected chi connectivity index (χ4v) is 2.69. The van der Waals surface area contributed by atoms with Gasteiger partial charge in [-0.2, -0.15) is 0 Å². The average Bonchev–Trinajstić information content (AvgIpc) is 2.71. The molecule has 0 amide bonds. The minimum absolute atomic E-state index is 0.251. The summed E-state index contributed by atoms with van der Waals surface area (Å²) in [5, 5.41) is 0. The van der Waals surface area contributed by atoms with E-state index in [-0.39, 0.29) is 6.07 Å². The number of hydrogen-bond acceptors (Lipinski definition) is 1. The van der Waals surface area contributed by atoms with E-state index >= 15 is 0 Å². The number of benzene rings is 2. The molecule has 86 valence electrons. The van der Waals surface area contributed by atoms with Crippen molar-refractivity contribution in [2.45, 2.75) is 5.92 Å². The van der Waals surface area contributed by atoms with Crippen LogP contribution in [0.3, 0.4) is 0 Å². The molecule has 0 saturated carbocycles. The van der Waals surface area contributed by atoms with Gasteiger partial charge >= 0.3 is 0 Å². The first-order chi connectivity index (χ1) is 8.42. The molecule has 0 aliphatic heterocycles. The van der Waals surface area contributed by atoms with E-state index in [1.165, 1.54) is 22.3 Å². The number of fused-ring (bicyclic) bond motifs is 3. The van der Waals surface area contributed by atoms with Crippen molar-refractivity contribution in [2.75, 3.05) is 12.7 Å². The van der Waals surface area contributed by atoms with Crippen LogP contribution in [0.2, 0.25) is 0 Å². The summed E-state index contributed by atoms with van der Waals surface area (Å²) in [4.78, 5) is 0. The molecule has 2 heteroatoms.